The Morgan fingerprint density at radius 1 is 1.07 bits per heavy atom. The number of benzene rings is 1. The first kappa shape index (κ1) is 18.8. The van der Waals surface area contributed by atoms with Gasteiger partial charge in [-0.3, -0.25) is 9.82 Å². The molecule has 0 saturated carbocycles. The minimum atomic E-state index is -3.71. The van der Waals surface area contributed by atoms with Crippen LogP contribution in [-0.2, 0) is 10.0 Å². The molecule has 0 radical (unpaired) electrons. The highest BCUT2D eigenvalue weighted by Gasteiger charge is 2.22. The first-order valence-corrected chi connectivity index (χ1v) is 10.0. The van der Waals surface area contributed by atoms with Gasteiger partial charge in [0, 0.05) is 17.3 Å². The Labute approximate surface area is 158 Å². The van der Waals surface area contributed by atoms with Crippen molar-refractivity contribution in [3.05, 3.63) is 47.8 Å². The topological polar surface area (TPSA) is 110 Å². The Morgan fingerprint density at radius 3 is 2.37 bits per heavy atom. The molecule has 0 aliphatic carbocycles. The van der Waals surface area contributed by atoms with Gasteiger partial charge >= 0.3 is 0 Å². The van der Waals surface area contributed by atoms with Crippen LogP contribution in [-0.4, -0.2) is 35.4 Å². The maximum Gasteiger partial charge on any atom is 0.265 e. The van der Waals surface area contributed by atoms with E-state index in [9.17, 15) is 8.42 Å². The molecule has 2 aromatic heterocycles. The third kappa shape index (κ3) is 4.25. The monoisotopic (exact) mass is 387 g/mol. The molecule has 3 aromatic rings. The number of H-pyrrole nitrogens is 1. The third-order valence-electron chi connectivity index (χ3n) is 3.86. The lowest BCUT2D eigenvalue weighted by Gasteiger charge is -2.09. The minimum absolute atomic E-state index is 0.167. The summed E-state index contributed by atoms with van der Waals surface area (Å²) in [7, 11) is -3.71. The molecule has 0 unspecified atom stereocenters. The van der Waals surface area contributed by atoms with Crippen molar-refractivity contribution < 1.29 is 13.2 Å². The number of hydrogen-bond acceptors (Lipinski definition) is 6. The summed E-state index contributed by atoms with van der Waals surface area (Å²) in [6.07, 6.45) is 0.901. The molecule has 8 nitrogen and oxygen atoms in total. The second-order valence-corrected chi connectivity index (χ2v) is 7.67. The van der Waals surface area contributed by atoms with Gasteiger partial charge in [0.25, 0.3) is 10.0 Å². The van der Waals surface area contributed by atoms with Gasteiger partial charge in [0.05, 0.1) is 23.7 Å². The van der Waals surface area contributed by atoms with Crippen molar-refractivity contribution in [1.29, 1.82) is 0 Å². The van der Waals surface area contributed by atoms with E-state index < -0.39 is 10.0 Å². The summed E-state index contributed by atoms with van der Waals surface area (Å²) in [5.41, 5.74) is 2.88. The van der Waals surface area contributed by atoms with Crippen molar-refractivity contribution >= 4 is 15.7 Å². The molecule has 2 N–H and O–H groups in total. The van der Waals surface area contributed by atoms with E-state index >= 15 is 0 Å². The maximum atomic E-state index is 12.6. The lowest BCUT2D eigenvalue weighted by Crippen LogP contribution is -2.14. The van der Waals surface area contributed by atoms with Crippen molar-refractivity contribution in [2.75, 3.05) is 11.3 Å². The third-order valence-corrected chi connectivity index (χ3v) is 5.50. The number of aromatic amines is 1. The number of ether oxygens (including phenoxy) is 1. The first-order chi connectivity index (χ1) is 12.9. The number of aryl methyl sites for hydroxylation is 2. The van der Waals surface area contributed by atoms with Gasteiger partial charge in [0.2, 0.25) is 5.88 Å². The molecule has 9 heteroatoms. The number of sulfonamides is 1. The molecule has 0 atom stereocenters. The second-order valence-electron chi connectivity index (χ2n) is 6.05. The number of hydrogen-bond donors (Lipinski definition) is 2. The van der Waals surface area contributed by atoms with Gasteiger partial charge in [-0.05, 0) is 38.5 Å². The summed E-state index contributed by atoms with van der Waals surface area (Å²) >= 11 is 0. The Balaban J connectivity index is 1.76. The average Bonchev–Trinajstić information content (AvgIpc) is 3.00. The second kappa shape index (κ2) is 7.75. The molecule has 3 rings (SSSR count). The molecular weight excluding hydrogens is 366 g/mol. The van der Waals surface area contributed by atoms with Gasteiger partial charge in [0.1, 0.15) is 4.90 Å². The molecule has 0 aliphatic heterocycles. The molecule has 2 heterocycles. The lowest BCUT2D eigenvalue weighted by molar-refractivity contribution is 0.302. The normalized spacial score (nSPS) is 11.4. The molecule has 0 saturated heterocycles. The zero-order valence-electron chi connectivity index (χ0n) is 15.4. The summed E-state index contributed by atoms with van der Waals surface area (Å²) in [5.74, 6) is 0.482. The van der Waals surface area contributed by atoms with Crippen LogP contribution in [0.1, 0.15) is 24.7 Å². The quantitative estimate of drug-likeness (QED) is 0.645. The zero-order valence-corrected chi connectivity index (χ0v) is 16.2. The molecule has 0 spiro atoms. The van der Waals surface area contributed by atoms with Crippen LogP contribution in [0, 0.1) is 13.8 Å². The van der Waals surface area contributed by atoms with Crippen molar-refractivity contribution in [2.24, 2.45) is 0 Å². The fourth-order valence-corrected chi connectivity index (χ4v) is 4.04. The highest BCUT2D eigenvalue weighted by Crippen LogP contribution is 2.24. The fraction of sp³-hybridized carbons (Fsp3) is 0.278. The number of rotatable bonds is 7. The largest absolute Gasteiger partial charge is 0.477 e. The van der Waals surface area contributed by atoms with Gasteiger partial charge in [-0.2, -0.15) is 5.10 Å². The van der Waals surface area contributed by atoms with E-state index in [0.717, 1.165) is 12.0 Å². The molecule has 1 aromatic carbocycles. The van der Waals surface area contributed by atoms with E-state index in [1.54, 1.807) is 44.2 Å². The Bertz CT molecular complexity index is 993. The molecule has 0 aliphatic rings. The van der Waals surface area contributed by atoms with Crippen LogP contribution in [0.5, 0.6) is 5.88 Å². The van der Waals surface area contributed by atoms with Gasteiger partial charge in [-0.15, -0.1) is 10.2 Å². The molecule has 142 valence electrons. The smallest absolute Gasteiger partial charge is 0.265 e. The highest BCUT2D eigenvalue weighted by atomic mass is 32.2. The van der Waals surface area contributed by atoms with Crippen LogP contribution in [0.15, 0.2) is 41.3 Å². The molecule has 0 bridgehead atoms. The van der Waals surface area contributed by atoms with Crippen LogP contribution in [0.2, 0.25) is 0 Å². The van der Waals surface area contributed by atoms with Crippen molar-refractivity contribution in [2.45, 2.75) is 32.1 Å². The van der Waals surface area contributed by atoms with Gasteiger partial charge < -0.3 is 4.74 Å². The van der Waals surface area contributed by atoms with Gasteiger partial charge in [0.15, 0.2) is 0 Å². The summed E-state index contributed by atoms with van der Waals surface area (Å²) < 4.78 is 33.1. The predicted octanol–water partition coefficient (Wildman–Crippen LogP) is 3.07. The Morgan fingerprint density at radius 2 is 1.81 bits per heavy atom. The van der Waals surface area contributed by atoms with Crippen LogP contribution >= 0.6 is 0 Å². The molecule has 0 fully saturated rings. The number of nitrogens with zero attached hydrogens (tertiary/aromatic N) is 3. The zero-order chi connectivity index (χ0) is 19.4. The number of aromatic nitrogens is 4. The molecular formula is C18H21N5O3S. The van der Waals surface area contributed by atoms with E-state index in [1.165, 1.54) is 0 Å². The fourth-order valence-electron chi connectivity index (χ4n) is 2.61. The Kier molecular flexibility index (Phi) is 5.41. The Hall–Kier alpha value is -2.94. The van der Waals surface area contributed by atoms with E-state index in [4.69, 9.17) is 4.74 Å². The first-order valence-electron chi connectivity index (χ1n) is 8.52. The van der Waals surface area contributed by atoms with E-state index in [0.29, 0.717) is 35.3 Å². The van der Waals surface area contributed by atoms with Crippen molar-refractivity contribution in [1.82, 2.24) is 20.4 Å². The number of anilines is 1. The minimum Gasteiger partial charge on any atom is -0.477 e. The van der Waals surface area contributed by atoms with E-state index in [2.05, 4.69) is 25.1 Å². The van der Waals surface area contributed by atoms with Crippen molar-refractivity contribution in [3.8, 4) is 17.1 Å². The van der Waals surface area contributed by atoms with Crippen LogP contribution < -0.4 is 9.46 Å². The van der Waals surface area contributed by atoms with E-state index in [1.807, 2.05) is 13.0 Å². The highest BCUT2D eigenvalue weighted by molar-refractivity contribution is 7.92. The van der Waals surface area contributed by atoms with Gasteiger partial charge in [-0.1, -0.05) is 19.1 Å². The standard InChI is InChI=1S/C18H21N5O3S/c1-4-11-26-17-10-9-16(21-22-17)14-5-7-15(8-6-14)23-27(24,25)18-12(2)19-20-13(18)3/h5-10,23H,4,11H2,1-3H3,(H,19,20). The van der Waals surface area contributed by atoms with Crippen LogP contribution in [0.25, 0.3) is 11.3 Å². The molecule has 0 amide bonds. The SMILES string of the molecule is CCCOc1ccc(-c2ccc(NS(=O)(=O)c3c(C)n[nH]c3C)cc2)nn1. The van der Waals surface area contributed by atoms with Crippen LogP contribution in [0.3, 0.4) is 0 Å². The summed E-state index contributed by atoms with van der Waals surface area (Å²) in [4.78, 5) is 0.167. The summed E-state index contributed by atoms with van der Waals surface area (Å²) in [6.45, 7) is 5.93. The van der Waals surface area contributed by atoms with Crippen LogP contribution in [0.4, 0.5) is 5.69 Å². The average molecular weight is 387 g/mol. The number of nitrogens with one attached hydrogen (secondary N) is 2. The summed E-state index contributed by atoms with van der Waals surface area (Å²) in [6, 6.07) is 10.5. The maximum absolute atomic E-state index is 12.6. The van der Waals surface area contributed by atoms with Gasteiger partial charge in [-0.25, -0.2) is 8.42 Å². The lowest BCUT2D eigenvalue weighted by atomic mass is 10.1. The summed E-state index contributed by atoms with van der Waals surface area (Å²) in [5, 5.41) is 14.8. The van der Waals surface area contributed by atoms with Crippen molar-refractivity contribution in [3.63, 3.8) is 0 Å². The van der Waals surface area contributed by atoms with E-state index in [-0.39, 0.29) is 4.90 Å². The molecule has 27 heavy (non-hydrogen) atoms. The predicted molar refractivity (Wildman–Crippen MR) is 102 cm³/mol.